The molecule has 0 atom stereocenters. The van der Waals surface area contributed by atoms with E-state index in [2.05, 4.69) is 0 Å². The van der Waals surface area contributed by atoms with Crippen LogP contribution in [0.5, 0.6) is 0 Å². The first-order valence-corrected chi connectivity index (χ1v) is 6.39. The number of halogens is 1. The van der Waals surface area contributed by atoms with Crippen LogP contribution in [0.3, 0.4) is 0 Å². The number of rotatable bonds is 2. The topological polar surface area (TPSA) is 37.3 Å². The van der Waals surface area contributed by atoms with Crippen LogP contribution in [-0.4, -0.2) is 11.1 Å². The van der Waals surface area contributed by atoms with E-state index in [1.165, 1.54) is 0 Å². The van der Waals surface area contributed by atoms with E-state index < -0.39 is 5.97 Å². The van der Waals surface area contributed by atoms with Crippen LogP contribution in [0, 0.1) is 20.8 Å². The summed E-state index contributed by atoms with van der Waals surface area (Å²) in [4.78, 5) is 10.9. The Hall–Kier alpha value is -1.80. The van der Waals surface area contributed by atoms with Gasteiger partial charge in [-0.15, -0.1) is 0 Å². The van der Waals surface area contributed by atoms with Crippen molar-refractivity contribution in [2.45, 2.75) is 20.8 Å². The number of hydrogen-bond donors (Lipinski definition) is 1. The average Bonchev–Trinajstić information content (AvgIpc) is 2.34. The predicted molar refractivity (Wildman–Crippen MR) is 78.1 cm³/mol. The minimum absolute atomic E-state index is 0.310. The Bertz CT molecular complexity index is 660. The molecule has 0 amide bonds. The van der Waals surface area contributed by atoms with Gasteiger partial charge < -0.3 is 5.11 Å². The Balaban J connectivity index is 2.59. The Morgan fingerprint density at radius 1 is 0.947 bits per heavy atom. The van der Waals surface area contributed by atoms with Crippen molar-refractivity contribution in [1.29, 1.82) is 0 Å². The third kappa shape index (κ3) is 2.64. The normalized spacial score (nSPS) is 10.5. The first-order chi connectivity index (χ1) is 8.90. The first-order valence-electron chi connectivity index (χ1n) is 6.01. The van der Waals surface area contributed by atoms with Crippen LogP contribution in [0.2, 0.25) is 5.02 Å². The average molecular weight is 275 g/mol. The van der Waals surface area contributed by atoms with E-state index in [0.717, 1.165) is 32.8 Å². The van der Waals surface area contributed by atoms with Crippen LogP contribution in [0.4, 0.5) is 0 Å². The molecule has 0 spiro atoms. The molecule has 2 rings (SSSR count). The van der Waals surface area contributed by atoms with Crippen molar-refractivity contribution in [3.63, 3.8) is 0 Å². The number of carboxylic acid groups (broad SMARTS) is 1. The van der Waals surface area contributed by atoms with Gasteiger partial charge in [0.15, 0.2) is 0 Å². The molecule has 0 aliphatic rings. The summed E-state index contributed by atoms with van der Waals surface area (Å²) in [6.07, 6.45) is 0. The van der Waals surface area contributed by atoms with E-state index in [4.69, 9.17) is 16.7 Å². The summed E-state index contributed by atoms with van der Waals surface area (Å²) in [7, 11) is 0. The number of aromatic carboxylic acids is 1. The molecular weight excluding hydrogens is 260 g/mol. The standard InChI is InChI=1S/C16H15ClO2/c1-9-6-12(16(18)19)4-5-13(9)14-7-11(3)15(17)8-10(14)2/h4-8H,1-3H3,(H,18,19). The van der Waals surface area contributed by atoms with Gasteiger partial charge in [-0.25, -0.2) is 4.79 Å². The van der Waals surface area contributed by atoms with Crippen molar-refractivity contribution in [3.8, 4) is 11.1 Å². The fourth-order valence-corrected chi connectivity index (χ4v) is 2.39. The highest BCUT2D eigenvalue weighted by Gasteiger charge is 2.10. The van der Waals surface area contributed by atoms with Crippen molar-refractivity contribution < 1.29 is 9.90 Å². The lowest BCUT2D eigenvalue weighted by atomic mass is 9.94. The zero-order chi connectivity index (χ0) is 14.2. The molecule has 0 unspecified atom stereocenters. The molecule has 0 bridgehead atoms. The van der Waals surface area contributed by atoms with Gasteiger partial charge in [0.2, 0.25) is 0 Å². The molecule has 0 saturated carbocycles. The molecule has 1 N–H and O–H groups in total. The van der Waals surface area contributed by atoms with Crippen LogP contribution in [0.15, 0.2) is 30.3 Å². The molecule has 0 heterocycles. The SMILES string of the molecule is Cc1cc(-c2ccc(C(=O)O)cc2C)c(C)cc1Cl. The number of carboxylic acids is 1. The third-order valence-electron chi connectivity index (χ3n) is 3.27. The fourth-order valence-electron chi connectivity index (χ4n) is 2.17. The number of aryl methyl sites for hydroxylation is 3. The molecule has 0 saturated heterocycles. The molecule has 0 aliphatic carbocycles. The summed E-state index contributed by atoms with van der Waals surface area (Å²) in [5.41, 5.74) is 5.50. The molecule has 19 heavy (non-hydrogen) atoms. The van der Waals surface area contributed by atoms with Crippen molar-refractivity contribution in [3.05, 3.63) is 57.6 Å². The number of benzene rings is 2. The van der Waals surface area contributed by atoms with Gasteiger partial charge in [-0.3, -0.25) is 0 Å². The number of carbonyl (C=O) groups is 1. The van der Waals surface area contributed by atoms with Crippen LogP contribution >= 0.6 is 11.6 Å². The van der Waals surface area contributed by atoms with E-state index in [9.17, 15) is 4.79 Å². The maximum absolute atomic E-state index is 10.9. The van der Waals surface area contributed by atoms with Crippen LogP contribution < -0.4 is 0 Å². The van der Waals surface area contributed by atoms with Crippen molar-refractivity contribution >= 4 is 17.6 Å². The van der Waals surface area contributed by atoms with Gasteiger partial charge in [-0.2, -0.15) is 0 Å². The highest BCUT2D eigenvalue weighted by Crippen LogP contribution is 2.31. The maximum Gasteiger partial charge on any atom is 0.335 e. The molecule has 0 aromatic heterocycles. The van der Waals surface area contributed by atoms with Gasteiger partial charge in [0.1, 0.15) is 0 Å². The second kappa shape index (κ2) is 5.06. The molecule has 2 nitrogen and oxygen atoms in total. The number of hydrogen-bond acceptors (Lipinski definition) is 1. The summed E-state index contributed by atoms with van der Waals surface area (Å²) >= 11 is 6.10. The van der Waals surface area contributed by atoms with E-state index >= 15 is 0 Å². The Morgan fingerprint density at radius 3 is 2.16 bits per heavy atom. The zero-order valence-electron chi connectivity index (χ0n) is 11.1. The molecule has 2 aromatic rings. The van der Waals surface area contributed by atoms with Crippen LogP contribution in [0.25, 0.3) is 11.1 Å². The maximum atomic E-state index is 10.9. The molecule has 0 aliphatic heterocycles. The third-order valence-corrected chi connectivity index (χ3v) is 3.68. The minimum Gasteiger partial charge on any atom is -0.478 e. The van der Waals surface area contributed by atoms with Gasteiger partial charge in [0.25, 0.3) is 0 Å². The first kappa shape index (κ1) is 13.6. The molecule has 98 valence electrons. The lowest BCUT2D eigenvalue weighted by Crippen LogP contribution is -1.98. The Kier molecular flexibility index (Phi) is 3.63. The van der Waals surface area contributed by atoms with Crippen molar-refractivity contribution in [2.24, 2.45) is 0 Å². The lowest BCUT2D eigenvalue weighted by Gasteiger charge is -2.12. The van der Waals surface area contributed by atoms with Gasteiger partial charge in [-0.1, -0.05) is 17.7 Å². The fraction of sp³-hybridized carbons (Fsp3) is 0.188. The lowest BCUT2D eigenvalue weighted by molar-refractivity contribution is 0.0697. The van der Waals surface area contributed by atoms with Gasteiger partial charge in [-0.05, 0) is 72.9 Å². The predicted octanol–water partition coefficient (Wildman–Crippen LogP) is 4.63. The molecule has 2 aromatic carbocycles. The minimum atomic E-state index is -0.904. The smallest absolute Gasteiger partial charge is 0.335 e. The van der Waals surface area contributed by atoms with Crippen LogP contribution in [-0.2, 0) is 0 Å². The largest absolute Gasteiger partial charge is 0.478 e. The van der Waals surface area contributed by atoms with E-state index in [1.807, 2.05) is 39.0 Å². The van der Waals surface area contributed by atoms with Gasteiger partial charge in [0.05, 0.1) is 5.56 Å². The second-order valence-corrected chi connectivity index (χ2v) is 5.16. The molecule has 3 heteroatoms. The molecule has 0 fully saturated rings. The molecular formula is C16H15ClO2. The highest BCUT2D eigenvalue weighted by molar-refractivity contribution is 6.31. The highest BCUT2D eigenvalue weighted by atomic mass is 35.5. The Labute approximate surface area is 117 Å². The van der Waals surface area contributed by atoms with E-state index in [0.29, 0.717) is 5.56 Å². The van der Waals surface area contributed by atoms with Crippen molar-refractivity contribution in [2.75, 3.05) is 0 Å². The Morgan fingerprint density at radius 2 is 1.58 bits per heavy atom. The zero-order valence-corrected chi connectivity index (χ0v) is 11.9. The summed E-state index contributed by atoms with van der Waals surface area (Å²) in [6, 6.07) is 9.17. The molecule has 0 radical (unpaired) electrons. The second-order valence-electron chi connectivity index (χ2n) is 4.75. The van der Waals surface area contributed by atoms with Gasteiger partial charge >= 0.3 is 5.97 Å². The summed E-state index contributed by atoms with van der Waals surface area (Å²) in [5.74, 6) is -0.904. The summed E-state index contributed by atoms with van der Waals surface area (Å²) in [5, 5.41) is 9.74. The quantitative estimate of drug-likeness (QED) is 0.867. The van der Waals surface area contributed by atoms with Gasteiger partial charge in [0, 0.05) is 5.02 Å². The summed E-state index contributed by atoms with van der Waals surface area (Å²) in [6.45, 7) is 5.89. The van der Waals surface area contributed by atoms with E-state index in [-0.39, 0.29) is 0 Å². The monoisotopic (exact) mass is 274 g/mol. The van der Waals surface area contributed by atoms with Crippen molar-refractivity contribution in [1.82, 2.24) is 0 Å². The van der Waals surface area contributed by atoms with Crippen LogP contribution in [0.1, 0.15) is 27.0 Å². The summed E-state index contributed by atoms with van der Waals surface area (Å²) < 4.78 is 0. The van der Waals surface area contributed by atoms with E-state index in [1.54, 1.807) is 12.1 Å².